The van der Waals surface area contributed by atoms with Crippen molar-refractivity contribution in [2.24, 2.45) is 4.99 Å². The molecule has 134 valence electrons. The summed E-state index contributed by atoms with van der Waals surface area (Å²) < 4.78 is 35.3. The van der Waals surface area contributed by atoms with Gasteiger partial charge in [-0.2, -0.15) is 4.99 Å². The van der Waals surface area contributed by atoms with Crippen LogP contribution in [0.15, 0.2) is 23.2 Å². The van der Waals surface area contributed by atoms with E-state index in [1.165, 1.54) is 11.8 Å². The van der Waals surface area contributed by atoms with E-state index in [4.69, 9.17) is 9.47 Å². The van der Waals surface area contributed by atoms with E-state index < -0.39 is 9.84 Å². The molecule has 0 spiro atoms. The standard InChI is InChI=1S/C16H18N2O5S2/c1-2-15(19)17-16-18(11-8-25(20,21)9-14(11)24-16)10-3-4-12-13(7-10)23-6-5-22-12/h3-4,7,11,14H,2,5-6,8-9H2,1H3/t11-,14-/m0/s1. The summed E-state index contributed by atoms with van der Waals surface area (Å²) in [6, 6.07) is 5.27. The van der Waals surface area contributed by atoms with E-state index in [1.807, 2.05) is 23.1 Å². The molecule has 0 aliphatic carbocycles. The summed E-state index contributed by atoms with van der Waals surface area (Å²) in [6.45, 7) is 2.74. The molecular formula is C16H18N2O5S2. The van der Waals surface area contributed by atoms with Crippen LogP contribution in [0.25, 0.3) is 0 Å². The zero-order chi connectivity index (χ0) is 17.6. The molecular weight excluding hydrogens is 364 g/mol. The monoisotopic (exact) mass is 382 g/mol. The Hall–Kier alpha value is -1.74. The van der Waals surface area contributed by atoms with E-state index >= 15 is 0 Å². The summed E-state index contributed by atoms with van der Waals surface area (Å²) in [7, 11) is -3.08. The lowest BCUT2D eigenvalue weighted by atomic mass is 10.2. The van der Waals surface area contributed by atoms with Gasteiger partial charge in [0.15, 0.2) is 26.5 Å². The van der Waals surface area contributed by atoms with Gasteiger partial charge in [-0.15, -0.1) is 0 Å². The van der Waals surface area contributed by atoms with Crippen molar-refractivity contribution < 1.29 is 22.7 Å². The molecule has 3 aliphatic heterocycles. The molecule has 7 nitrogen and oxygen atoms in total. The molecule has 1 aromatic carbocycles. The SMILES string of the molecule is CCC(=O)N=C1S[C@H]2CS(=O)(=O)C[C@@H]2N1c1ccc2c(c1)OCCO2. The number of ether oxygens (including phenoxy) is 2. The lowest BCUT2D eigenvalue weighted by Gasteiger charge is -2.26. The first-order valence-corrected chi connectivity index (χ1v) is 10.8. The minimum atomic E-state index is -3.08. The van der Waals surface area contributed by atoms with Crippen molar-refractivity contribution in [3.05, 3.63) is 18.2 Å². The number of hydrogen-bond acceptors (Lipinski definition) is 6. The van der Waals surface area contributed by atoms with Gasteiger partial charge in [0.25, 0.3) is 0 Å². The van der Waals surface area contributed by atoms with Crippen LogP contribution in [-0.4, -0.2) is 55.5 Å². The Bertz CT molecular complexity index is 852. The molecule has 4 rings (SSSR count). The van der Waals surface area contributed by atoms with Crippen LogP contribution in [0.4, 0.5) is 5.69 Å². The number of amidine groups is 1. The average Bonchev–Trinajstić information content (AvgIpc) is 3.05. The van der Waals surface area contributed by atoms with Gasteiger partial charge in [0.1, 0.15) is 13.2 Å². The summed E-state index contributed by atoms with van der Waals surface area (Å²) in [5, 5.41) is 0.454. The van der Waals surface area contributed by atoms with E-state index in [9.17, 15) is 13.2 Å². The molecule has 1 aromatic rings. The first-order valence-electron chi connectivity index (χ1n) is 8.14. The molecule has 0 unspecified atom stereocenters. The third kappa shape index (κ3) is 3.10. The van der Waals surface area contributed by atoms with Crippen LogP contribution < -0.4 is 14.4 Å². The highest BCUT2D eigenvalue weighted by Crippen LogP contribution is 2.43. The Morgan fingerprint density at radius 2 is 2.04 bits per heavy atom. The zero-order valence-corrected chi connectivity index (χ0v) is 15.3. The van der Waals surface area contributed by atoms with Crippen molar-refractivity contribution in [2.45, 2.75) is 24.6 Å². The number of fused-ring (bicyclic) bond motifs is 2. The van der Waals surface area contributed by atoms with E-state index in [-0.39, 0.29) is 28.7 Å². The van der Waals surface area contributed by atoms with Crippen molar-refractivity contribution in [1.29, 1.82) is 0 Å². The lowest BCUT2D eigenvalue weighted by Crippen LogP contribution is -2.37. The molecule has 2 atom stereocenters. The van der Waals surface area contributed by atoms with Crippen molar-refractivity contribution >= 4 is 38.4 Å². The third-order valence-electron chi connectivity index (χ3n) is 4.39. The normalized spacial score (nSPS) is 28.2. The number of amides is 1. The number of carbonyl (C=O) groups is 1. The maximum Gasteiger partial charge on any atom is 0.247 e. The number of nitrogens with zero attached hydrogens (tertiary/aromatic N) is 2. The second kappa shape index (κ2) is 6.21. The molecule has 25 heavy (non-hydrogen) atoms. The number of hydrogen-bond donors (Lipinski definition) is 0. The van der Waals surface area contributed by atoms with Gasteiger partial charge in [-0.1, -0.05) is 18.7 Å². The first-order chi connectivity index (χ1) is 12.0. The number of carbonyl (C=O) groups excluding carboxylic acids is 1. The molecule has 0 saturated carbocycles. The maximum absolute atomic E-state index is 12.0. The van der Waals surface area contributed by atoms with Gasteiger partial charge in [0, 0.05) is 23.4 Å². The zero-order valence-electron chi connectivity index (χ0n) is 13.7. The first kappa shape index (κ1) is 16.7. The number of thioether (sulfide) groups is 1. The van der Waals surface area contributed by atoms with Crippen molar-refractivity contribution in [3.63, 3.8) is 0 Å². The number of rotatable bonds is 2. The molecule has 0 radical (unpaired) electrons. The molecule has 2 saturated heterocycles. The topological polar surface area (TPSA) is 85.3 Å². The third-order valence-corrected chi connectivity index (χ3v) is 7.60. The molecule has 0 N–H and O–H groups in total. The summed E-state index contributed by atoms with van der Waals surface area (Å²) >= 11 is 1.37. The Balaban J connectivity index is 1.74. The fourth-order valence-corrected chi connectivity index (χ4v) is 7.17. The fraction of sp³-hybridized carbons (Fsp3) is 0.500. The second-order valence-corrected chi connectivity index (χ2v) is 9.50. The van der Waals surface area contributed by atoms with Gasteiger partial charge >= 0.3 is 0 Å². The Labute approximate surface area is 150 Å². The van der Waals surface area contributed by atoms with Gasteiger partial charge in [0.05, 0.1) is 17.5 Å². The fourth-order valence-electron chi connectivity index (χ4n) is 3.23. The summed E-state index contributed by atoms with van der Waals surface area (Å²) in [5.74, 6) is 1.26. The summed E-state index contributed by atoms with van der Waals surface area (Å²) in [4.78, 5) is 17.9. The van der Waals surface area contributed by atoms with Gasteiger partial charge in [-0.3, -0.25) is 4.79 Å². The van der Waals surface area contributed by atoms with Crippen LogP contribution in [0.2, 0.25) is 0 Å². The van der Waals surface area contributed by atoms with Gasteiger partial charge in [-0.25, -0.2) is 8.42 Å². The van der Waals surface area contributed by atoms with Crippen LogP contribution in [0.1, 0.15) is 13.3 Å². The van der Waals surface area contributed by atoms with Gasteiger partial charge in [0.2, 0.25) is 5.91 Å². The number of benzene rings is 1. The molecule has 0 aromatic heterocycles. The van der Waals surface area contributed by atoms with E-state index in [0.29, 0.717) is 36.3 Å². The van der Waals surface area contributed by atoms with Crippen LogP contribution in [0.3, 0.4) is 0 Å². The highest BCUT2D eigenvalue weighted by atomic mass is 32.2. The molecule has 1 amide bonds. The minimum absolute atomic E-state index is 0.0679. The van der Waals surface area contributed by atoms with E-state index in [2.05, 4.69) is 4.99 Å². The van der Waals surface area contributed by atoms with Crippen molar-refractivity contribution in [1.82, 2.24) is 0 Å². The van der Waals surface area contributed by atoms with Crippen LogP contribution in [0, 0.1) is 0 Å². The highest BCUT2D eigenvalue weighted by molar-refractivity contribution is 8.16. The lowest BCUT2D eigenvalue weighted by molar-refractivity contribution is -0.117. The summed E-state index contributed by atoms with van der Waals surface area (Å²) in [6.07, 6.45) is 0.312. The van der Waals surface area contributed by atoms with Crippen molar-refractivity contribution in [3.8, 4) is 11.5 Å². The maximum atomic E-state index is 12.0. The van der Waals surface area contributed by atoms with E-state index in [1.54, 1.807) is 6.92 Å². The van der Waals surface area contributed by atoms with Gasteiger partial charge in [-0.05, 0) is 12.1 Å². The predicted octanol–water partition coefficient (Wildman–Crippen LogP) is 1.47. The molecule has 0 bridgehead atoms. The molecule has 3 aliphatic rings. The van der Waals surface area contributed by atoms with Crippen LogP contribution in [0.5, 0.6) is 11.5 Å². The second-order valence-electron chi connectivity index (χ2n) is 6.14. The largest absolute Gasteiger partial charge is 0.486 e. The van der Waals surface area contributed by atoms with E-state index in [0.717, 1.165) is 5.69 Å². The molecule has 2 fully saturated rings. The predicted molar refractivity (Wildman–Crippen MR) is 96.5 cm³/mol. The minimum Gasteiger partial charge on any atom is -0.486 e. The number of sulfone groups is 1. The number of anilines is 1. The Morgan fingerprint density at radius 3 is 2.80 bits per heavy atom. The number of aliphatic imine (C=N–C) groups is 1. The molecule has 9 heteroatoms. The smallest absolute Gasteiger partial charge is 0.247 e. The summed E-state index contributed by atoms with van der Waals surface area (Å²) in [5.41, 5.74) is 0.768. The quantitative estimate of drug-likeness (QED) is 0.766. The highest BCUT2D eigenvalue weighted by Gasteiger charge is 2.49. The molecule has 3 heterocycles. The van der Waals surface area contributed by atoms with Crippen LogP contribution in [-0.2, 0) is 14.6 Å². The van der Waals surface area contributed by atoms with Gasteiger partial charge < -0.3 is 14.4 Å². The van der Waals surface area contributed by atoms with Crippen molar-refractivity contribution in [2.75, 3.05) is 29.6 Å². The Kier molecular flexibility index (Phi) is 4.15. The van der Waals surface area contributed by atoms with Crippen LogP contribution >= 0.6 is 11.8 Å². The average molecular weight is 382 g/mol. The Morgan fingerprint density at radius 1 is 1.28 bits per heavy atom.